The number of hydrogen-bond donors (Lipinski definition) is 2. The zero-order valence-electron chi connectivity index (χ0n) is 10.9. The Hall–Kier alpha value is -1.85. The molecule has 0 aliphatic rings. The fraction of sp³-hybridized carbons (Fsp3) is 0.133. The standard InChI is InChI=1S/C8H7BrO3.C7H8O/c1-12-5-2-3-6(8(10)11)7(9)4-5;8-6-7-4-2-1-3-5-7/h2-4H,1H3,(H,10,11);1-5,8H,6H2. The molecule has 20 heavy (non-hydrogen) atoms. The number of rotatable bonds is 3. The maximum Gasteiger partial charge on any atom is 0.336 e. The molecule has 0 spiro atoms. The normalized spacial score (nSPS) is 9.35. The summed E-state index contributed by atoms with van der Waals surface area (Å²) in [4.78, 5) is 10.6. The van der Waals surface area contributed by atoms with Crippen molar-refractivity contribution in [2.45, 2.75) is 6.61 Å². The molecule has 2 aromatic carbocycles. The van der Waals surface area contributed by atoms with Crippen LogP contribution in [0.2, 0.25) is 0 Å². The summed E-state index contributed by atoms with van der Waals surface area (Å²) >= 11 is 3.13. The molecule has 0 saturated carbocycles. The summed E-state index contributed by atoms with van der Waals surface area (Å²) in [6.45, 7) is 0.140. The number of halogens is 1. The molecule has 0 radical (unpaired) electrons. The van der Waals surface area contributed by atoms with Gasteiger partial charge in [0.15, 0.2) is 0 Å². The Balaban J connectivity index is 0.000000217. The number of benzene rings is 2. The molecule has 0 amide bonds. The molecule has 0 saturated heterocycles. The van der Waals surface area contributed by atoms with Crippen LogP contribution in [0, 0.1) is 0 Å². The average Bonchev–Trinajstić information content (AvgIpc) is 2.48. The van der Waals surface area contributed by atoms with Crippen LogP contribution in [0.4, 0.5) is 0 Å². The monoisotopic (exact) mass is 338 g/mol. The average molecular weight is 339 g/mol. The van der Waals surface area contributed by atoms with E-state index < -0.39 is 5.97 Å². The van der Waals surface area contributed by atoms with Gasteiger partial charge in [0.25, 0.3) is 0 Å². The zero-order valence-corrected chi connectivity index (χ0v) is 12.5. The van der Waals surface area contributed by atoms with Gasteiger partial charge in [0, 0.05) is 4.47 Å². The molecule has 0 heterocycles. The van der Waals surface area contributed by atoms with Gasteiger partial charge in [-0.1, -0.05) is 30.3 Å². The van der Waals surface area contributed by atoms with Crippen molar-refractivity contribution in [1.29, 1.82) is 0 Å². The number of hydrogen-bond acceptors (Lipinski definition) is 3. The van der Waals surface area contributed by atoms with Crippen LogP contribution in [0.1, 0.15) is 15.9 Å². The van der Waals surface area contributed by atoms with Crippen molar-refractivity contribution < 1.29 is 19.7 Å². The van der Waals surface area contributed by atoms with Crippen LogP contribution in [0.25, 0.3) is 0 Å². The van der Waals surface area contributed by atoms with Crippen molar-refractivity contribution in [3.8, 4) is 5.75 Å². The van der Waals surface area contributed by atoms with E-state index in [9.17, 15) is 4.79 Å². The zero-order chi connectivity index (χ0) is 15.0. The van der Waals surface area contributed by atoms with Crippen LogP contribution in [0.5, 0.6) is 5.75 Å². The summed E-state index contributed by atoms with van der Waals surface area (Å²) in [5.74, 6) is -0.323. The van der Waals surface area contributed by atoms with Gasteiger partial charge >= 0.3 is 5.97 Å². The van der Waals surface area contributed by atoms with E-state index in [1.807, 2.05) is 30.3 Å². The minimum Gasteiger partial charge on any atom is -0.497 e. The molecule has 0 fully saturated rings. The minimum atomic E-state index is -0.954. The summed E-state index contributed by atoms with van der Waals surface area (Å²) in [5, 5.41) is 17.2. The Morgan fingerprint density at radius 3 is 2.25 bits per heavy atom. The van der Waals surface area contributed by atoms with Crippen LogP contribution >= 0.6 is 15.9 Å². The van der Waals surface area contributed by atoms with E-state index in [1.165, 1.54) is 13.2 Å². The first-order chi connectivity index (χ1) is 9.58. The van der Waals surface area contributed by atoms with E-state index in [0.29, 0.717) is 10.2 Å². The Labute approximate surface area is 125 Å². The molecule has 0 atom stereocenters. The van der Waals surface area contributed by atoms with Crippen molar-refractivity contribution in [3.63, 3.8) is 0 Å². The first kappa shape index (κ1) is 16.2. The first-order valence-electron chi connectivity index (χ1n) is 5.80. The van der Waals surface area contributed by atoms with Gasteiger partial charge in [-0.2, -0.15) is 0 Å². The predicted octanol–water partition coefficient (Wildman–Crippen LogP) is 3.33. The lowest BCUT2D eigenvalue weighted by molar-refractivity contribution is 0.0696. The Kier molecular flexibility index (Phi) is 6.76. The quantitative estimate of drug-likeness (QED) is 0.900. The van der Waals surface area contributed by atoms with E-state index >= 15 is 0 Å². The summed E-state index contributed by atoms with van der Waals surface area (Å²) in [5.41, 5.74) is 1.20. The molecule has 0 aromatic heterocycles. The van der Waals surface area contributed by atoms with Crippen LogP contribution in [-0.2, 0) is 6.61 Å². The molecule has 2 rings (SSSR count). The molecule has 5 heteroatoms. The first-order valence-corrected chi connectivity index (χ1v) is 6.59. The van der Waals surface area contributed by atoms with Crippen molar-refractivity contribution in [2.24, 2.45) is 0 Å². The van der Waals surface area contributed by atoms with Gasteiger partial charge in [-0.3, -0.25) is 0 Å². The molecule has 106 valence electrons. The number of carboxylic acids is 1. The van der Waals surface area contributed by atoms with E-state index in [0.717, 1.165) is 5.56 Å². The minimum absolute atomic E-state index is 0.140. The third-order valence-corrected chi connectivity index (χ3v) is 3.09. The maximum absolute atomic E-state index is 10.6. The maximum atomic E-state index is 10.6. The van der Waals surface area contributed by atoms with Crippen molar-refractivity contribution in [1.82, 2.24) is 0 Å². The van der Waals surface area contributed by atoms with Crippen LogP contribution < -0.4 is 4.74 Å². The van der Waals surface area contributed by atoms with Crippen molar-refractivity contribution in [3.05, 3.63) is 64.1 Å². The highest BCUT2D eigenvalue weighted by molar-refractivity contribution is 9.10. The molecule has 2 N–H and O–H groups in total. The number of carbonyl (C=O) groups is 1. The van der Waals surface area contributed by atoms with Gasteiger partial charge < -0.3 is 14.9 Å². The highest BCUT2D eigenvalue weighted by atomic mass is 79.9. The Morgan fingerprint density at radius 1 is 1.20 bits per heavy atom. The summed E-state index contributed by atoms with van der Waals surface area (Å²) in [6, 6.07) is 14.2. The van der Waals surface area contributed by atoms with Crippen LogP contribution in [-0.4, -0.2) is 23.3 Å². The summed E-state index contributed by atoms with van der Waals surface area (Å²) in [7, 11) is 1.53. The van der Waals surface area contributed by atoms with E-state index in [2.05, 4.69) is 15.9 Å². The van der Waals surface area contributed by atoms with E-state index in [-0.39, 0.29) is 12.2 Å². The lowest BCUT2D eigenvalue weighted by Crippen LogP contribution is -1.97. The van der Waals surface area contributed by atoms with Gasteiger partial charge in [-0.05, 0) is 39.7 Å². The Bertz CT molecular complexity index is 555. The third-order valence-electron chi connectivity index (χ3n) is 2.43. The highest BCUT2D eigenvalue weighted by Crippen LogP contribution is 2.22. The van der Waals surface area contributed by atoms with Crippen LogP contribution in [0.15, 0.2) is 53.0 Å². The van der Waals surface area contributed by atoms with E-state index in [1.54, 1.807) is 12.1 Å². The number of methoxy groups -OCH3 is 1. The molecule has 0 bridgehead atoms. The second-order valence-electron chi connectivity index (χ2n) is 3.79. The fourth-order valence-electron chi connectivity index (χ4n) is 1.38. The molecule has 0 aliphatic carbocycles. The largest absolute Gasteiger partial charge is 0.497 e. The number of aliphatic hydroxyl groups excluding tert-OH is 1. The van der Waals surface area contributed by atoms with Gasteiger partial charge in [-0.15, -0.1) is 0 Å². The molecular weight excluding hydrogens is 324 g/mol. The summed E-state index contributed by atoms with van der Waals surface area (Å²) in [6.07, 6.45) is 0. The fourth-order valence-corrected chi connectivity index (χ4v) is 1.91. The Morgan fingerprint density at radius 2 is 1.85 bits per heavy atom. The number of aliphatic hydroxyl groups is 1. The predicted molar refractivity (Wildman–Crippen MR) is 80.0 cm³/mol. The highest BCUT2D eigenvalue weighted by Gasteiger charge is 2.07. The van der Waals surface area contributed by atoms with Gasteiger partial charge in [0.05, 0.1) is 19.3 Å². The van der Waals surface area contributed by atoms with Gasteiger partial charge in [-0.25, -0.2) is 4.79 Å². The lowest BCUT2D eigenvalue weighted by atomic mass is 10.2. The van der Waals surface area contributed by atoms with Crippen molar-refractivity contribution >= 4 is 21.9 Å². The topological polar surface area (TPSA) is 66.8 Å². The smallest absolute Gasteiger partial charge is 0.336 e. The molecule has 0 unspecified atom stereocenters. The molecule has 2 aromatic rings. The lowest BCUT2D eigenvalue weighted by Gasteiger charge is -2.02. The van der Waals surface area contributed by atoms with Gasteiger partial charge in [0.1, 0.15) is 5.75 Å². The molecule has 4 nitrogen and oxygen atoms in total. The second kappa shape index (κ2) is 8.35. The summed E-state index contributed by atoms with van der Waals surface area (Å²) < 4.78 is 5.43. The molecule has 0 aliphatic heterocycles. The van der Waals surface area contributed by atoms with E-state index in [4.69, 9.17) is 14.9 Å². The molecular formula is C15H15BrO4. The van der Waals surface area contributed by atoms with Crippen LogP contribution in [0.3, 0.4) is 0 Å². The second-order valence-corrected chi connectivity index (χ2v) is 4.65. The van der Waals surface area contributed by atoms with Gasteiger partial charge in [0.2, 0.25) is 0 Å². The number of carboxylic acid groups (broad SMARTS) is 1. The SMILES string of the molecule is COc1ccc(C(=O)O)c(Br)c1.OCc1ccccc1. The number of aromatic carboxylic acids is 1. The third kappa shape index (κ3) is 5.03. The number of ether oxygens (including phenoxy) is 1. The van der Waals surface area contributed by atoms with Crippen molar-refractivity contribution in [2.75, 3.05) is 7.11 Å².